The van der Waals surface area contributed by atoms with Gasteiger partial charge < -0.3 is 0 Å². The fourth-order valence-electron chi connectivity index (χ4n) is 2.32. The van der Waals surface area contributed by atoms with E-state index in [1.165, 1.54) is 4.90 Å². The number of hydrogen-bond donors (Lipinski definition) is 1. The molecule has 0 aliphatic carbocycles. The molecule has 2 amide bonds. The molecule has 0 spiro atoms. The minimum atomic E-state index is -0.517. The summed E-state index contributed by atoms with van der Waals surface area (Å²) in [5.41, 5.74) is 2.76. The van der Waals surface area contributed by atoms with Crippen LogP contribution in [0, 0.1) is 0 Å². The van der Waals surface area contributed by atoms with Gasteiger partial charge in [0, 0.05) is 6.42 Å². The smallest absolute Gasteiger partial charge is 0.247 e. The van der Waals surface area contributed by atoms with E-state index in [2.05, 4.69) is 12.6 Å². The fraction of sp³-hybridized carbons (Fsp3) is 0.125. The SMILES string of the molecule is O=C1CC(S)C(=O)N1c1ccc(-c2ccccc2)cc1. The molecule has 2 aromatic carbocycles. The number of nitrogens with zero attached hydrogens (tertiary/aromatic N) is 1. The Kier molecular flexibility index (Phi) is 3.32. The molecule has 3 nitrogen and oxygen atoms in total. The van der Waals surface area contributed by atoms with E-state index in [1.54, 1.807) is 12.1 Å². The molecular formula is C16H13NO2S. The van der Waals surface area contributed by atoms with Crippen molar-refractivity contribution in [2.75, 3.05) is 4.90 Å². The minimum absolute atomic E-state index is 0.169. The lowest BCUT2D eigenvalue weighted by Crippen LogP contribution is -2.30. The maximum Gasteiger partial charge on any atom is 0.247 e. The van der Waals surface area contributed by atoms with Gasteiger partial charge in [0.15, 0.2) is 0 Å². The van der Waals surface area contributed by atoms with Crippen molar-refractivity contribution >= 4 is 30.1 Å². The van der Waals surface area contributed by atoms with Crippen molar-refractivity contribution in [3.63, 3.8) is 0 Å². The largest absolute Gasteiger partial charge is 0.274 e. The van der Waals surface area contributed by atoms with Crippen molar-refractivity contribution in [3.8, 4) is 11.1 Å². The van der Waals surface area contributed by atoms with E-state index in [4.69, 9.17) is 0 Å². The molecule has 0 saturated carbocycles. The van der Waals surface area contributed by atoms with Gasteiger partial charge in [0.2, 0.25) is 11.8 Å². The van der Waals surface area contributed by atoms with Gasteiger partial charge in [-0.2, -0.15) is 12.6 Å². The van der Waals surface area contributed by atoms with E-state index < -0.39 is 5.25 Å². The van der Waals surface area contributed by atoms with E-state index in [1.807, 2.05) is 42.5 Å². The van der Waals surface area contributed by atoms with Crippen LogP contribution in [0.25, 0.3) is 11.1 Å². The zero-order valence-electron chi connectivity index (χ0n) is 10.7. The number of benzene rings is 2. The monoisotopic (exact) mass is 283 g/mol. The molecule has 1 saturated heterocycles. The first-order valence-electron chi connectivity index (χ1n) is 6.37. The average Bonchev–Trinajstić information content (AvgIpc) is 2.73. The van der Waals surface area contributed by atoms with Crippen LogP contribution >= 0.6 is 12.6 Å². The molecular weight excluding hydrogens is 270 g/mol. The van der Waals surface area contributed by atoms with Crippen molar-refractivity contribution in [1.29, 1.82) is 0 Å². The summed E-state index contributed by atoms with van der Waals surface area (Å²) in [4.78, 5) is 24.9. The second-order valence-electron chi connectivity index (χ2n) is 4.70. The number of thiol groups is 1. The molecule has 0 N–H and O–H groups in total. The second-order valence-corrected chi connectivity index (χ2v) is 5.32. The average molecular weight is 283 g/mol. The van der Waals surface area contributed by atoms with Crippen LogP contribution in [0.4, 0.5) is 5.69 Å². The zero-order valence-corrected chi connectivity index (χ0v) is 11.6. The van der Waals surface area contributed by atoms with Crippen LogP contribution in [0.5, 0.6) is 0 Å². The Labute approximate surface area is 122 Å². The van der Waals surface area contributed by atoms with Gasteiger partial charge in [0.05, 0.1) is 10.9 Å². The predicted molar refractivity (Wildman–Crippen MR) is 81.8 cm³/mol. The summed E-state index contributed by atoms with van der Waals surface area (Å²) in [5, 5.41) is -0.517. The molecule has 0 radical (unpaired) electrons. The lowest BCUT2D eigenvalue weighted by Gasteiger charge is -2.14. The van der Waals surface area contributed by atoms with Crippen molar-refractivity contribution in [3.05, 3.63) is 54.6 Å². The molecule has 2 aromatic rings. The Morgan fingerprint density at radius 2 is 1.50 bits per heavy atom. The number of hydrogen-bond acceptors (Lipinski definition) is 3. The van der Waals surface area contributed by atoms with Crippen LogP contribution in [-0.2, 0) is 9.59 Å². The van der Waals surface area contributed by atoms with Crippen molar-refractivity contribution in [2.24, 2.45) is 0 Å². The van der Waals surface area contributed by atoms with Gasteiger partial charge >= 0.3 is 0 Å². The summed E-state index contributed by atoms with van der Waals surface area (Å²) in [7, 11) is 0. The molecule has 100 valence electrons. The van der Waals surface area contributed by atoms with Crippen LogP contribution < -0.4 is 4.90 Å². The molecule has 1 heterocycles. The Morgan fingerprint density at radius 3 is 2.05 bits per heavy atom. The summed E-state index contributed by atoms with van der Waals surface area (Å²) < 4.78 is 0. The molecule has 4 heteroatoms. The second kappa shape index (κ2) is 5.13. The Morgan fingerprint density at radius 1 is 0.900 bits per heavy atom. The Hall–Kier alpha value is -2.07. The first kappa shape index (κ1) is 12.9. The standard InChI is InChI=1S/C16H13NO2S/c18-15-10-14(20)16(19)17(15)13-8-6-12(7-9-13)11-4-2-1-3-5-11/h1-9,14,20H,10H2. The quantitative estimate of drug-likeness (QED) is 0.679. The Bertz CT molecular complexity index is 652. The molecule has 20 heavy (non-hydrogen) atoms. The lowest BCUT2D eigenvalue weighted by molar-refractivity contribution is -0.121. The van der Waals surface area contributed by atoms with Crippen LogP contribution in [0.1, 0.15) is 6.42 Å². The summed E-state index contributed by atoms with van der Waals surface area (Å²) in [6, 6.07) is 17.4. The third-order valence-electron chi connectivity index (χ3n) is 3.36. The van der Waals surface area contributed by atoms with Crippen molar-refractivity contribution in [1.82, 2.24) is 0 Å². The van der Waals surface area contributed by atoms with E-state index in [-0.39, 0.29) is 18.2 Å². The number of rotatable bonds is 2. The van der Waals surface area contributed by atoms with E-state index >= 15 is 0 Å². The summed E-state index contributed by atoms with van der Waals surface area (Å²) >= 11 is 4.12. The molecule has 3 rings (SSSR count). The van der Waals surface area contributed by atoms with E-state index in [9.17, 15) is 9.59 Å². The van der Waals surface area contributed by atoms with Gasteiger partial charge in [-0.3, -0.25) is 9.59 Å². The lowest BCUT2D eigenvalue weighted by atomic mass is 10.1. The van der Waals surface area contributed by atoms with Gasteiger partial charge in [0.25, 0.3) is 0 Å². The molecule has 0 aromatic heterocycles. The van der Waals surface area contributed by atoms with Gasteiger partial charge in [-0.05, 0) is 23.3 Å². The molecule has 1 aliphatic rings. The van der Waals surface area contributed by atoms with Gasteiger partial charge in [-0.1, -0.05) is 42.5 Å². The van der Waals surface area contributed by atoms with Crippen LogP contribution in [-0.4, -0.2) is 17.1 Å². The molecule has 1 fully saturated rings. The molecule has 0 bridgehead atoms. The van der Waals surface area contributed by atoms with Crippen molar-refractivity contribution < 1.29 is 9.59 Å². The zero-order chi connectivity index (χ0) is 14.1. The number of imide groups is 1. The number of carbonyl (C=O) groups excluding carboxylic acids is 2. The first-order valence-corrected chi connectivity index (χ1v) is 6.89. The Balaban J connectivity index is 1.91. The minimum Gasteiger partial charge on any atom is -0.274 e. The van der Waals surface area contributed by atoms with E-state index in [0.717, 1.165) is 11.1 Å². The molecule has 1 atom stereocenters. The molecule has 1 unspecified atom stereocenters. The first-order chi connectivity index (χ1) is 9.66. The molecule has 1 aliphatic heterocycles. The number of anilines is 1. The summed E-state index contributed by atoms with van der Waals surface area (Å²) in [6.07, 6.45) is 0.169. The normalized spacial score (nSPS) is 18.6. The number of carbonyl (C=O) groups is 2. The van der Waals surface area contributed by atoms with Gasteiger partial charge in [-0.15, -0.1) is 0 Å². The highest BCUT2D eigenvalue weighted by molar-refractivity contribution is 7.82. The highest BCUT2D eigenvalue weighted by Gasteiger charge is 2.37. The van der Waals surface area contributed by atoms with Gasteiger partial charge in [-0.25, -0.2) is 4.90 Å². The van der Waals surface area contributed by atoms with Crippen LogP contribution in [0.15, 0.2) is 54.6 Å². The van der Waals surface area contributed by atoms with Crippen molar-refractivity contribution in [2.45, 2.75) is 11.7 Å². The van der Waals surface area contributed by atoms with Crippen LogP contribution in [0.3, 0.4) is 0 Å². The summed E-state index contributed by atoms with van der Waals surface area (Å²) in [5.74, 6) is -0.437. The third kappa shape index (κ3) is 2.23. The maximum absolute atomic E-state index is 11.9. The highest BCUT2D eigenvalue weighted by atomic mass is 32.1. The fourth-order valence-corrected chi connectivity index (χ4v) is 2.59. The highest BCUT2D eigenvalue weighted by Crippen LogP contribution is 2.28. The summed E-state index contributed by atoms with van der Waals surface area (Å²) in [6.45, 7) is 0. The predicted octanol–water partition coefficient (Wildman–Crippen LogP) is 2.92. The van der Waals surface area contributed by atoms with Gasteiger partial charge in [0.1, 0.15) is 0 Å². The van der Waals surface area contributed by atoms with E-state index in [0.29, 0.717) is 5.69 Å². The number of amides is 2. The van der Waals surface area contributed by atoms with Crippen LogP contribution in [0.2, 0.25) is 0 Å². The topological polar surface area (TPSA) is 37.4 Å². The third-order valence-corrected chi connectivity index (χ3v) is 3.76. The maximum atomic E-state index is 11.9.